The third-order valence-electron chi connectivity index (χ3n) is 3.24. The molecule has 134 valence electrons. The molecule has 1 heterocycles. The quantitative estimate of drug-likeness (QED) is 0.678. The molecule has 7 nitrogen and oxygen atoms in total. The summed E-state index contributed by atoms with van der Waals surface area (Å²) in [6.45, 7) is 2.52. The smallest absolute Gasteiger partial charge is 0.234 e. The molecular weight excluding hydrogens is 369 g/mol. The number of halogens is 2. The summed E-state index contributed by atoms with van der Waals surface area (Å²) in [6.07, 6.45) is 0.584. The van der Waals surface area contributed by atoms with Gasteiger partial charge >= 0.3 is 0 Å². The first-order valence-corrected chi connectivity index (χ1v) is 8.85. The standard InChI is InChI=1S/C15H17ClFN5O2S/c1-2-22-13(6-5-12(18)23)20-21-15(22)25-8-14(24)19-11-4-3-9(17)7-10(11)16/h3-4,7H,2,5-6,8H2,1H3,(H2,18,23)(H,19,24). The molecule has 2 amide bonds. The van der Waals surface area contributed by atoms with Crippen molar-refractivity contribution < 1.29 is 14.0 Å². The largest absolute Gasteiger partial charge is 0.370 e. The Hall–Kier alpha value is -2.13. The molecule has 0 fully saturated rings. The molecule has 1 aromatic heterocycles. The Morgan fingerprint density at radius 2 is 2.16 bits per heavy atom. The predicted octanol–water partition coefficient (Wildman–Crippen LogP) is 2.24. The van der Waals surface area contributed by atoms with E-state index in [9.17, 15) is 14.0 Å². The van der Waals surface area contributed by atoms with Crippen molar-refractivity contribution >= 4 is 40.9 Å². The number of aromatic nitrogens is 3. The van der Waals surface area contributed by atoms with E-state index in [-0.39, 0.29) is 23.1 Å². The molecule has 0 saturated carbocycles. The van der Waals surface area contributed by atoms with E-state index in [0.717, 1.165) is 6.07 Å². The number of amides is 2. The van der Waals surface area contributed by atoms with E-state index >= 15 is 0 Å². The zero-order chi connectivity index (χ0) is 18.4. The number of nitrogens with one attached hydrogen (secondary N) is 1. The molecule has 0 radical (unpaired) electrons. The molecule has 2 rings (SSSR count). The summed E-state index contributed by atoms with van der Waals surface area (Å²) >= 11 is 7.08. The lowest BCUT2D eigenvalue weighted by Gasteiger charge is -2.08. The lowest BCUT2D eigenvalue weighted by atomic mass is 10.3. The van der Waals surface area contributed by atoms with Crippen LogP contribution in [0.15, 0.2) is 23.4 Å². The van der Waals surface area contributed by atoms with Crippen molar-refractivity contribution in [2.24, 2.45) is 5.73 Å². The number of nitrogens with zero attached hydrogens (tertiary/aromatic N) is 3. The third-order valence-corrected chi connectivity index (χ3v) is 4.52. The normalized spacial score (nSPS) is 10.7. The Morgan fingerprint density at radius 3 is 2.80 bits per heavy atom. The number of anilines is 1. The zero-order valence-electron chi connectivity index (χ0n) is 13.5. The van der Waals surface area contributed by atoms with Crippen molar-refractivity contribution in [2.75, 3.05) is 11.1 Å². The van der Waals surface area contributed by atoms with Gasteiger partial charge in [-0.3, -0.25) is 9.59 Å². The van der Waals surface area contributed by atoms with Crippen LogP contribution in [0.5, 0.6) is 0 Å². The first-order chi connectivity index (χ1) is 11.9. The second-order valence-corrected chi connectivity index (χ2v) is 6.42. The van der Waals surface area contributed by atoms with E-state index in [0.29, 0.717) is 29.6 Å². The maximum Gasteiger partial charge on any atom is 0.234 e. The van der Waals surface area contributed by atoms with Gasteiger partial charge in [0.05, 0.1) is 16.5 Å². The van der Waals surface area contributed by atoms with Gasteiger partial charge in [-0.05, 0) is 25.1 Å². The average molecular weight is 386 g/mol. The van der Waals surface area contributed by atoms with Crippen LogP contribution >= 0.6 is 23.4 Å². The number of carbonyl (C=O) groups excluding carboxylic acids is 2. The van der Waals surface area contributed by atoms with E-state index in [2.05, 4.69) is 15.5 Å². The van der Waals surface area contributed by atoms with Gasteiger partial charge in [0.2, 0.25) is 11.8 Å². The second kappa shape index (κ2) is 8.82. The van der Waals surface area contributed by atoms with Gasteiger partial charge in [0, 0.05) is 19.4 Å². The van der Waals surface area contributed by atoms with E-state index in [1.54, 1.807) is 0 Å². The molecular formula is C15H17ClFN5O2S. The van der Waals surface area contributed by atoms with Crippen LogP contribution < -0.4 is 11.1 Å². The van der Waals surface area contributed by atoms with Crippen molar-refractivity contribution in [3.05, 3.63) is 34.9 Å². The Bertz CT molecular complexity index is 783. The molecule has 0 saturated heterocycles. The minimum atomic E-state index is -0.475. The fourth-order valence-corrected chi connectivity index (χ4v) is 3.11. The van der Waals surface area contributed by atoms with Crippen molar-refractivity contribution in [3.63, 3.8) is 0 Å². The van der Waals surface area contributed by atoms with Crippen LogP contribution in [0.1, 0.15) is 19.2 Å². The highest BCUT2D eigenvalue weighted by atomic mass is 35.5. The number of nitrogens with two attached hydrogens (primary N) is 1. The van der Waals surface area contributed by atoms with Gasteiger partial charge in [-0.25, -0.2) is 4.39 Å². The third kappa shape index (κ3) is 5.43. The highest BCUT2D eigenvalue weighted by Crippen LogP contribution is 2.23. The van der Waals surface area contributed by atoms with Crippen LogP contribution in [0, 0.1) is 5.82 Å². The van der Waals surface area contributed by atoms with Crippen molar-refractivity contribution in [2.45, 2.75) is 31.5 Å². The highest BCUT2D eigenvalue weighted by molar-refractivity contribution is 7.99. The predicted molar refractivity (Wildman–Crippen MR) is 94.0 cm³/mol. The molecule has 3 N–H and O–H groups in total. The van der Waals surface area contributed by atoms with E-state index < -0.39 is 11.7 Å². The first-order valence-electron chi connectivity index (χ1n) is 7.48. The molecule has 0 spiro atoms. The maximum atomic E-state index is 13.0. The minimum Gasteiger partial charge on any atom is -0.370 e. The zero-order valence-corrected chi connectivity index (χ0v) is 15.0. The Morgan fingerprint density at radius 1 is 1.40 bits per heavy atom. The number of carbonyl (C=O) groups is 2. The summed E-state index contributed by atoms with van der Waals surface area (Å²) in [4.78, 5) is 22.9. The summed E-state index contributed by atoms with van der Waals surface area (Å²) in [5, 5.41) is 11.4. The molecule has 0 aliphatic carbocycles. The number of benzene rings is 1. The van der Waals surface area contributed by atoms with Crippen LogP contribution in [-0.2, 0) is 22.6 Å². The minimum absolute atomic E-state index is 0.0850. The monoisotopic (exact) mass is 385 g/mol. The molecule has 2 aromatic rings. The number of aryl methyl sites for hydroxylation is 1. The van der Waals surface area contributed by atoms with E-state index in [4.69, 9.17) is 17.3 Å². The number of hydrogen-bond donors (Lipinski definition) is 2. The number of thioether (sulfide) groups is 1. The van der Waals surface area contributed by atoms with Crippen LogP contribution in [-0.4, -0.2) is 32.3 Å². The molecule has 0 unspecified atom stereocenters. The molecule has 1 aromatic carbocycles. The van der Waals surface area contributed by atoms with Crippen LogP contribution in [0.2, 0.25) is 5.02 Å². The highest BCUT2D eigenvalue weighted by Gasteiger charge is 2.14. The first kappa shape index (κ1) is 19.2. The number of rotatable bonds is 8. The van der Waals surface area contributed by atoms with Crippen LogP contribution in [0.3, 0.4) is 0 Å². The number of hydrogen-bond acceptors (Lipinski definition) is 5. The summed E-state index contributed by atoms with van der Waals surface area (Å²) in [6, 6.07) is 3.74. The molecule has 10 heteroatoms. The molecule has 0 aliphatic rings. The van der Waals surface area contributed by atoms with Gasteiger partial charge in [-0.15, -0.1) is 10.2 Å². The second-order valence-electron chi connectivity index (χ2n) is 5.07. The van der Waals surface area contributed by atoms with E-state index in [1.165, 1.54) is 23.9 Å². The van der Waals surface area contributed by atoms with Crippen LogP contribution in [0.4, 0.5) is 10.1 Å². The molecule has 25 heavy (non-hydrogen) atoms. The van der Waals surface area contributed by atoms with Gasteiger partial charge in [0.1, 0.15) is 11.6 Å². The summed E-state index contributed by atoms with van der Waals surface area (Å²) < 4.78 is 14.8. The Balaban J connectivity index is 1.96. The lowest BCUT2D eigenvalue weighted by Crippen LogP contribution is -2.15. The summed E-state index contributed by atoms with van der Waals surface area (Å²) in [5.41, 5.74) is 5.48. The fraction of sp³-hybridized carbons (Fsp3) is 0.333. The molecule has 0 atom stereocenters. The summed E-state index contributed by atoms with van der Waals surface area (Å²) in [5.74, 6) is -0.456. The Labute approximate surface area is 153 Å². The number of primary amides is 1. The van der Waals surface area contributed by atoms with Gasteiger partial charge < -0.3 is 15.6 Å². The van der Waals surface area contributed by atoms with Crippen molar-refractivity contribution in [1.29, 1.82) is 0 Å². The molecule has 0 aliphatic heterocycles. The molecule has 0 bridgehead atoms. The van der Waals surface area contributed by atoms with Crippen molar-refractivity contribution in [1.82, 2.24) is 14.8 Å². The van der Waals surface area contributed by atoms with E-state index in [1.807, 2.05) is 11.5 Å². The summed E-state index contributed by atoms with van der Waals surface area (Å²) in [7, 11) is 0. The van der Waals surface area contributed by atoms with Gasteiger partial charge in [0.25, 0.3) is 0 Å². The fourth-order valence-electron chi connectivity index (χ4n) is 2.07. The lowest BCUT2D eigenvalue weighted by molar-refractivity contribution is -0.118. The van der Waals surface area contributed by atoms with Gasteiger partial charge in [0.15, 0.2) is 5.16 Å². The topological polar surface area (TPSA) is 103 Å². The maximum absolute atomic E-state index is 13.0. The van der Waals surface area contributed by atoms with Crippen LogP contribution in [0.25, 0.3) is 0 Å². The van der Waals surface area contributed by atoms with Crippen molar-refractivity contribution in [3.8, 4) is 0 Å². The van der Waals surface area contributed by atoms with Gasteiger partial charge in [-0.1, -0.05) is 23.4 Å². The Kier molecular flexibility index (Phi) is 6.77. The van der Waals surface area contributed by atoms with Gasteiger partial charge in [-0.2, -0.15) is 0 Å². The SMILES string of the molecule is CCn1c(CCC(N)=O)nnc1SCC(=O)Nc1ccc(F)cc1Cl. The average Bonchev–Trinajstić information content (AvgIpc) is 2.95.